The van der Waals surface area contributed by atoms with Gasteiger partial charge >= 0.3 is 0 Å². The van der Waals surface area contributed by atoms with Crippen molar-refractivity contribution in [1.29, 1.82) is 5.26 Å². The first-order chi connectivity index (χ1) is 18.0. The average molecular weight is 497 g/mol. The number of pyridine rings is 1. The fourth-order valence-corrected chi connectivity index (χ4v) is 4.57. The minimum absolute atomic E-state index is 0.0568. The first-order valence-corrected chi connectivity index (χ1v) is 12.2. The molecule has 0 saturated carbocycles. The molecule has 37 heavy (non-hydrogen) atoms. The number of methoxy groups -OCH3 is 1. The standard InChI is InChI=1S/C29H28N4O4/c1-33(2)29(34)19-6-8-23(26(14-19)35-3)27-15-24-28(37-27)22(10-12-32-24)18-7-9-25(20(13-18)16-30)36-21-5-4-11-31-17-21/h6-10,12-15,21,31H,4-5,11,17H2,1-3H3. The number of hydrogen-bond acceptors (Lipinski definition) is 7. The van der Waals surface area contributed by atoms with Gasteiger partial charge in [0.25, 0.3) is 5.91 Å². The Bertz CT molecular complexity index is 1500. The van der Waals surface area contributed by atoms with Gasteiger partial charge < -0.3 is 24.1 Å². The van der Waals surface area contributed by atoms with Crippen LogP contribution in [0.15, 0.2) is 59.1 Å². The normalized spacial score (nSPS) is 15.2. The van der Waals surface area contributed by atoms with Crippen molar-refractivity contribution in [3.8, 4) is 40.0 Å². The highest BCUT2D eigenvalue weighted by Gasteiger charge is 2.20. The van der Waals surface area contributed by atoms with Gasteiger partial charge in [-0.25, -0.2) is 0 Å². The second-order valence-electron chi connectivity index (χ2n) is 9.21. The van der Waals surface area contributed by atoms with Gasteiger partial charge in [0.15, 0.2) is 5.58 Å². The Morgan fingerprint density at radius 2 is 2.00 bits per heavy atom. The third kappa shape index (κ3) is 4.86. The minimum Gasteiger partial charge on any atom is -0.496 e. The molecule has 0 bridgehead atoms. The topological polar surface area (TPSA) is 101 Å². The molecular weight excluding hydrogens is 468 g/mol. The molecule has 4 aromatic rings. The molecule has 1 aliphatic heterocycles. The van der Waals surface area contributed by atoms with E-state index >= 15 is 0 Å². The van der Waals surface area contributed by atoms with Crippen molar-refractivity contribution < 1.29 is 18.7 Å². The second-order valence-corrected chi connectivity index (χ2v) is 9.21. The van der Waals surface area contributed by atoms with Crippen molar-refractivity contribution in [3.63, 3.8) is 0 Å². The number of fused-ring (bicyclic) bond motifs is 1. The quantitative estimate of drug-likeness (QED) is 0.406. The molecule has 1 aliphatic rings. The lowest BCUT2D eigenvalue weighted by Crippen LogP contribution is -2.37. The predicted octanol–water partition coefficient (Wildman–Crippen LogP) is 4.87. The lowest BCUT2D eigenvalue weighted by molar-refractivity contribution is 0.0827. The Morgan fingerprint density at radius 1 is 1.14 bits per heavy atom. The number of furan rings is 1. The van der Waals surface area contributed by atoms with Crippen molar-refractivity contribution in [1.82, 2.24) is 15.2 Å². The second kappa shape index (κ2) is 10.3. The molecule has 2 aromatic heterocycles. The van der Waals surface area contributed by atoms with Crippen LogP contribution >= 0.6 is 0 Å². The van der Waals surface area contributed by atoms with Crippen LogP contribution < -0.4 is 14.8 Å². The maximum Gasteiger partial charge on any atom is 0.253 e. The van der Waals surface area contributed by atoms with Gasteiger partial charge in [-0.3, -0.25) is 9.78 Å². The molecule has 0 spiro atoms. The van der Waals surface area contributed by atoms with Crippen molar-refractivity contribution in [2.24, 2.45) is 0 Å². The summed E-state index contributed by atoms with van der Waals surface area (Å²) in [6.45, 7) is 1.78. The third-order valence-electron chi connectivity index (χ3n) is 6.49. The van der Waals surface area contributed by atoms with Crippen LogP contribution in [0.4, 0.5) is 0 Å². The Labute approximate surface area is 215 Å². The van der Waals surface area contributed by atoms with E-state index in [0.717, 1.165) is 37.1 Å². The number of nitriles is 1. The molecule has 8 nitrogen and oxygen atoms in total. The van der Waals surface area contributed by atoms with Gasteiger partial charge in [-0.15, -0.1) is 0 Å². The number of rotatable bonds is 6. The van der Waals surface area contributed by atoms with Gasteiger partial charge in [0.05, 0.1) is 18.2 Å². The van der Waals surface area contributed by atoms with Crippen molar-refractivity contribution in [3.05, 3.63) is 65.9 Å². The van der Waals surface area contributed by atoms with Crippen LogP contribution in [0.1, 0.15) is 28.8 Å². The Balaban J connectivity index is 1.51. The Kier molecular flexibility index (Phi) is 6.80. The molecular formula is C29H28N4O4. The predicted molar refractivity (Wildman–Crippen MR) is 141 cm³/mol. The van der Waals surface area contributed by atoms with Gasteiger partial charge in [-0.1, -0.05) is 6.07 Å². The summed E-state index contributed by atoms with van der Waals surface area (Å²) >= 11 is 0. The van der Waals surface area contributed by atoms with Gasteiger partial charge in [0.2, 0.25) is 0 Å². The van der Waals surface area contributed by atoms with Crippen molar-refractivity contribution in [2.45, 2.75) is 18.9 Å². The van der Waals surface area contributed by atoms with E-state index < -0.39 is 0 Å². The van der Waals surface area contributed by atoms with E-state index in [1.165, 1.54) is 4.90 Å². The molecule has 0 aliphatic carbocycles. The lowest BCUT2D eigenvalue weighted by Gasteiger charge is -2.24. The summed E-state index contributed by atoms with van der Waals surface area (Å²) in [6, 6.07) is 16.9. The number of carbonyl (C=O) groups excluding carboxylic acids is 1. The monoisotopic (exact) mass is 496 g/mol. The number of amides is 1. The number of carbonyl (C=O) groups is 1. The highest BCUT2D eigenvalue weighted by molar-refractivity contribution is 5.96. The maximum absolute atomic E-state index is 12.4. The van der Waals surface area contributed by atoms with Crippen molar-refractivity contribution >= 4 is 17.0 Å². The molecule has 1 unspecified atom stereocenters. The summed E-state index contributed by atoms with van der Waals surface area (Å²) in [5.41, 5.74) is 4.63. The van der Waals surface area contributed by atoms with E-state index in [0.29, 0.717) is 45.0 Å². The molecule has 3 heterocycles. The Morgan fingerprint density at radius 3 is 2.73 bits per heavy atom. The molecule has 1 N–H and O–H groups in total. The largest absolute Gasteiger partial charge is 0.496 e. The van der Waals surface area contributed by atoms with Gasteiger partial charge in [-0.2, -0.15) is 5.26 Å². The molecule has 2 aromatic carbocycles. The zero-order valence-electron chi connectivity index (χ0n) is 21.1. The first kappa shape index (κ1) is 24.3. The number of nitrogens with one attached hydrogen (secondary N) is 1. The number of ether oxygens (including phenoxy) is 2. The smallest absolute Gasteiger partial charge is 0.253 e. The summed E-state index contributed by atoms with van der Waals surface area (Å²) in [7, 11) is 4.98. The van der Waals surface area contributed by atoms with E-state index in [1.807, 2.05) is 36.4 Å². The fraction of sp³-hybridized carbons (Fsp3) is 0.276. The summed E-state index contributed by atoms with van der Waals surface area (Å²) < 4.78 is 18.0. The summed E-state index contributed by atoms with van der Waals surface area (Å²) in [5, 5.41) is 13.1. The SMILES string of the molecule is COc1cc(C(=O)N(C)C)ccc1-c1cc2nccc(-c3ccc(OC4CCCNC4)c(C#N)c3)c2o1. The number of benzene rings is 2. The highest BCUT2D eigenvalue weighted by Crippen LogP contribution is 2.38. The zero-order chi connectivity index (χ0) is 25.9. The van der Waals surface area contributed by atoms with Gasteiger partial charge in [-0.05, 0) is 61.3 Å². The van der Waals surface area contributed by atoms with E-state index in [1.54, 1.807) is 39.5 Å². The Hall–Kier alpha value is -4.35. The maximum atomic E-state index is 12.4. The van der Waals surface area contributed by atoms with Gasteiger partial charge in [0.1, 0.15) is 34.9 Å². The number of aromatic nitrogens is 1. The van der Waals surface area contributed by atoms with Crippen LogP contribution in [-0.2, 0) is 0 Å². The number of hydrogen-bond donors (Lipinski definition) is 1. The molecule has 1 saturated heterocycles. The van der Waals surface area contributed by atoms with Crippen LogP contribution in [0.2, 0.25) is 0 Å². The van der Waals surface area contributed by atoms with Crippen LogP contribution in [0.5, 0.6) is 11.5 Å². The summed E-state index contributed by atoms with van der Waals surface area (Å²) in [5.74, 6) is 1.57. The third-order valence-corrected chi connectivity index (χ3v) is 6.49. The lowest BCUT2D eigenvalue weighted by atomic mass is 10.0. The molecule has 188 valence electrons. The van der Waals surface area contributed by atoms with E-state index in [-0.39, 0.29) is 12.0 Å². The molecule has 1 fully saturated rings. The number of piperidine rings is 1. The minimum atomic E-state index is -0.112. The highest BCUT2D eigenvalue weighted by atomic mass is 16.5. The number of nitrogens with zero attached hydrogens (tertiary/aromatic N) is 3. The molecule has 8 heteroatoms. The molecule has 1 atom stereocenters. The fourth-order valence-electron chi connectivity index (χ4n) is 4.57. The van der Waals surface area contributed by atoms with E-state index in [4.69, 9.17) is 13.9 Å². The van der Waals surface area contributed by atoms with Crippen LogP contribution in [0.25, 0.3) is 33.6 Å². The van der Waals surface area contributed by atoms with Crippen molar-refractivity contribution in [2.75, 3.05) is 34.3 Å². The van der Waals surface area contributed by atoms with Crippen LogP contribution in [0.3, 0.4) is 0 Å². The zero-order valence-corrected chi connectivity index (χ0v) is 21.1. The molecule has 1 amide bonds. The molecule has 5 rings (SSSR count). The average Bonchev–Trinajstić information content (AvgIpc) is 3.37. The van der Waals surface area contributed by atoms with E-state index in [2.05, 4.69) is 16.4 Å². The summed E-state index contributed by atoms with van der Waals surface area (Å²) in [4.78, 5) is 18.4. The first-order valence-electron chi connectivity index (χ1n) is 12.2. The van der Waals surface area contributed by atoms with Gasteiger partial charge in [0, 0.05) is 44.0 Å². The molecule has 0 radical (unpaired) electrons. The summed E-state index contributed by atoms with van der Waals surface area (Å²) in [6.07, 6.45) is 3.80. The van der Waals surface area contributed by atoms with Crippen LogP contribution in [0, 0.1) is 11.3 Å². The van der Waals surface area contributed by atoms with E-state index in [9.17, 15) is 10.1 Å². The van der Waals surface area contributed by atoms with Crippen LogP contribution in [-0.4, -0.2) is 56.2 Å².